The van der Waals surface area contributed by atoms with Gasteiger partial charge in [-0.15, -0.1) is 0 Å². The van der Waals surface area contributed by atoms with E-state index in [2.05, 4.69) is 5.32 Å². The summed E-state index contributed by atoms with van der Waals surface area (Å²) in [5.41, 5.74) is 0. The summed E-state index contributed by atoms with van der Waals surface area (Å²) in [5, 5.41) is 11.3. The van der Waals surface area contributed by atoms with E-state index in [0.29, 0.717) is 0 Å². The number of aliphatic carboxylic acids is 1. The maximum atomic E-state index is 11.3. The summed E-state index contributed by atoms with van der Waals surface area (Å²) < 4.78 is 5.08. The normalized spacial score (nSPS) is 17.5. The van der Waals surface area contributed by atoms with Crippen LogP contribution in [0.4, 0.5) is 0 Å². The summed E-state index contributed by atoms with van der Waals surface area (Å²) in [5.74, 6) is -1.22. The van der Waals surface area contributed by atoms with Gasteiger partial charge < -0.3 is 15.2 Å². The molecular formula is C10H17NO4. The molecule has 5 nitrogen and oxygen atoms in total. The molecular weight excluding hydrogens is 198 g/mol. The molecule has 0 spiro atoms. The predicted molar refractivity (Wildman–Crippen MR) is 53.4 cm³/mol. The number of nitrogens with one attached hydrogen (secondary N) is 1. The van der Waals surface area contributed by atoms with Gasteiger partial charge in [0, 0.05) is 0 Å². The largest absolute Gasteiger partial charge is 0.480 e. The SMILES string of the molecule is CC(C)OCC(=O)NC(C(=O)O)C1CC1. The second-order valence-electron chi connectivity index (χ2n) is 4.08. The highest BCUT2D eigenvalue weighted by Crippen LogP contribution is 2.32. The van der Waals surface area contributed by atoms with Gasteiger partial charge >= 0.3 is 5.97 Å². The molecule has 86 valence electrons. The third-order valence-corrected chi connectivity index (χ3v) is 2.22. The van der Waals surface area contributed by atoms with Gasteiger partial charge in [-0.3, -0.25) is 4.79 Å². The summed E-state index contributed by atoms with van der Waals surface area (Å²) in [4.78, 5) is 22.1. The van der Waals surface area contributed by atoms with Crippen LogP contribution in [0.2, 0.25) is 0 Å². The quantitative estimate of drug-likeness (QED) is 0.672. The Balaban J connectivity index is 2.31. The van der Waals surface area contributed by atoms with Gasteiger partial charge in [-0.2, -0.15) is 0 Å². The molecule has 5 heteroatoms. The number of carboxylic acid groups (broad SMARTS) is 1. The average molecular weight is 215 g/mol. The van der Waals surface area contributed by atoms with Gasteiger partial charge in [0.15, 0.2) is 0 Å². The van der Waals surface area contributed by atoms with Crippen molar-refractivity contribution in [2.45, 2.75) is 38.8 Å². The molecule has 0 aliphatic heterocycles. The Hall–Kier alpha value is -1.10. The van der Waals surface area contributed by atoms with Crippen LogP contribution in [0.1, 0.15) is 26.7 Å². The van der Waals surface area contributed by atoms with E-state index >= 15 is 0 Å². The van der Waals surface area contributed by atoms with Crippen molar-refractivity contribution in [3.8, 4) is 0 Å². The first-order chi connectivity index (χ1) is 7.00. The number of rotatable bonds is 6. The molecule has 0 radical (unpaired) electrons. The van der Waals surface area contributed by atoms with Gasteiger partial charge in [0.2, 0.25) is 5.91 Å². The number of carbonyl (C=O) groups is 2. The third kappa shape index (κ3) is 4.29. The number of carboxylic acids is 1. The molecule has 2 N–H and O–H groups in total. The molecule has 1 rings (SSSR count). The zero-order chi connectivity index (χ0) is 11.4. The second kappa shape index (κ2) is 5.11. The fourth-order valence-corrected chi connectivity index (χ4v) is 1.27. The van der Waals surface area contributed by atoms with Crippen molar-refractivity contribution in [2.24, 2.45) is 5.92 Å². The fraction of sp³-hybridized carbons (Fsp3) is 0.800. The lowest BCUT2D eigenvalue weighted by Crippen LogP contribution is -2.44. The molecule has 0 aromatic rings. The van der Waals surface area contributed by atoms with E-state index in [-0.39, 0.29) is 24.5 Å². The molecule has 0 aromatic heterocycles. The van der Waals surface area contributed by atoms with Crippen molar-refractivity contribution in [3.63, 3.8) is 0 Å². The molecule has 1 saturated carbocycles. The van der Waals surface area contributed by atoms with Gasteiger partial charge in [0.25, 0.3) is 0 Å². The smallest absolute Gasteiger partial charge is 0.326 e. The Morgan fingerprint density at radius 1 is 1.47 bits per heavy atom. The van der Waals surface area contributed by atoms with Gasteiger partial charge in [-0.05, 0) is 32.6 Å². The Labute approximate surface area is 88.8 Å². The van der Waals surface area contributed by atoms with Crippen LogP contribution in [-0.2, 0) is 14.3 Å². The van der Waals surface area contributed by atoms with Crippen LogP contribution in [0, 0.1) is 5.92 Å². The average Bonchev–Trinajstić information content (AvgIpc) is 2.93. The number of amides is 1. The Morgan fingerprint density at radius 2 is 2.07 bits per heavy atom. The van der Waals surface area contributed by atoms with E-state index in [1.165, 1.54) is 0 Å². The summed E-state index contributed by atoms with van der Waals surface area (Å²) >= 11 is 0. The van der Waals surface area contributed by atoms with E-state index < -0.39 is 12.0 Å². The van der Waals surface area contributed by atoms with Crippen LogP contribution >= 0.6 is 0 Å². The van der Waals surface area contributed by atoms with Crippen LogP contribution in [0.15, 0.2) is 0 Å². The maximum absolute atomic E-state index is 11.3. The van der Waals surface area contributed by atoms with Crippen LogP contribution in [0.5, 0.6) is 0 Å². The van der Waals surface area contributed by atoms with E-state index in [0.717, 1.165) is 12.8 Å². The highest BCUT2D eigenvalue weighted by molar-refractivity contribution is 5.84. The van der Waals surface area contributed by atoms with Crippen molar-refractivity contribution in [1.82, 2.24) is 5.32 Å². The molecule has 0 aromatic carbocycles. The fourth-order valence-electron chi connectivity index (χ4n) is 1.27. The Kier molecular flexibility index (Phi) is 4.08. The predicted octanol–water partition coefficient (Wildman–Crippen LogP) is 0.391. The second-order valence-corrected chi connectivity index (χ2v) is 4.08. The van der Waals surface area contributed by atoms with Crippen LogP contribution in [0.3, 0.4) is 0 Å². The van der Waals surface area contributed by atoms with E-state index in [4.69, 9.17) is 9.84 Å². The van der Waals surface area contributed by atoms with Gasteiger partial charge in [0.05, 0.1) is 6.10 Å². The van der Waals surface area contributed by atoms with Crippen molar-refractivity contribution >= 4 is 11.9 Å². The molecule has 0 bridgehead atoms. The lowest BCUT2D eigenvalue weighted by atomic mass is 10.2. The summed E-state index contributed by atoms with van der Waals surface area (Å²) in [6.45, 7) is 3.57. The Morgan fingerprint density at radius 3 is 2.47 bits per heavy atom. The molecule has 1 aliphatic rings. The molecule has 1 amide bonds. The van der Waals surface area contributed by atoms with E-state index in [1.54, 1.807) is 0 Å². The summed E-state index contributed by atoms with van der Waals surface area (Å²) in [7, 11) is 0. The summed E-state index contributed by atoms with van der Waals surface area (Å²) in [6.07, 6.45) is 1.73. The Bertz CT molecular complexity index is 248. The molecule has 1 aliphatic carbocycles. The van der Waals surface area contributed by atoms with Crippen LogP contribution in [-0.4, -0.2) is 35.7 Å². The number of carbonyl (C=O) groups excluding carboxylic acids is 1. The minimum Gasteiger partial charge on any atom is -0.480 e. The zero-order valence-electron chi connectivity index (χ0n) is 9.03. The molecule has 1 fully saturated rings. The standard InChI is InChI=1S/C10H17NO4/c1-6(2)15-5-8(12)11-9(10(13)14)7-3-4-7/h6-7,9H,3-5H2,1-2H3,(H,11,12)(H,13,14). The van der Waals surface area contributed by atoms with Gasteiger partial charge in [0.1, 0.15) is 12.6 Å². The zero-order valence-corrected chi connectivity index (χ0v) is 9.03. The van der Waals surface area contributed by atoms with Crippen molar-refractivity contribution in [3.05, 3.63) is 0 Å². The minimum atomic E-state index is -0.963. The molecule has 1 atom stereocenters. The van der Waals surface area contributed by atoms with E-state index in [1.807, 2.05) is 13.8 Å². The lowest BCUT2D eigenvalue weighted by Gasteiger charge is -2.14. The highest BCUT2D eigenvalue weighted by Gasteiger charge is 2.37. The lowest BCUT2D eigenvalue weighted by molar-refractivity contribution is -0.143. The van der Waals surface area contributed by atoms with Crippen molar-refractivity contribution < 1.29 is 19.4 Å². The van der Waals surface area contributed by atoms with Gasteiger partial charge in [-0.25, -0.2) is 4.79 Å². The number of hydrogen-bond donors (Lipinski definition) is 2. The minimum absolute atomic E-state index is 0.0278. The number of ether oxygens (including phenoxy) is 1. The van der Waals surface area contributed by atoms with Crippen LogP contribution in [0.25, 0.3) is 0 Å². The molecule has 15 heavy (non-hydrogen) atoms. The first kappa shape index (κ1) is 12.0. The van der Waals surface area contributed by atoms with Gasteiger partial charge in [-0.1, -0.05) is 0 Å². The number of hydrogen-bond acceptors (Lipinski definition) is 3. The third-order valence-electron chi connectivity index (χ3n) is 2.22. The monoisotopic (exact) mass is 215 g/mol. The molecule has 0 saturated heterocycles. The first-order valence-electron chi connectivity index (χ1n) is 5.14. The summed E-state index contributed by atoms with van der Waals surface area (Å²) in [6, 6.07) is -0.742. The molecule has 1 unspecified atom stereocenters. The molecule has 0 heterocycles. The van der Waals surface area contributed by atoms with Crippen molar-refractivity contribution in [1.29, 1.82) is 0 Å². The van der Waals surface area contributed by atoms with Crippen LogP contribution < -0.4 is 5.32 Å². The maximum Gasteiger partial charge on any atom is 0.326 e. The topological polar surface area (TPSA) is 75.6 Å². The van der Waals surface area contributed by atoms with Crippen molar-refractivity contribution in [2.75, 3.05) is 6.61 Å². The highest BCUT2D eigenvalue weighted by atomic mass is 16.5. The van der Waals surface area contributed by atoms with E-state index in [9.17, 15) is 9.59 Å². The first-order valence-corrected chi connectivity index (χ1v) is 5.14.